The molecule has 0 bridgehead atoms. The molecule has 0 radical (unpaired) electrons. The Labute approximate surface area is 102 Å². The van der Waals surface area contributed by atoms with Crippen molar-refractivity contribution >= 4 is 11.4 Å². The number of hydrogen-bond acceptors (Lipinski definition) is 3. The Morgan fingerprint density at radius 2 is 1.83 bits per heavy atom. The van der Waals surface area contributed by atoms with Gasteiger partial charge in [-0.2, -0.15) is 0 Å². The molecule has 6 nitrogen and oxygen atoms in total. The van der Waals surface area contributed by atoms with Gasteiger partial charge >= 0.3 is 0 Å². The zero-order valence-electron chi connectivity index (χ0n) is 9.22. The number of rotatable bonds is 3. The number of nitro benzene ring substituents is 1. The van der Waals surface area contributed by atoms with Crippen molar-refractivity contribution in [2.45, 2.75) is 0 Å². The standard InChI is InChI=1S/C12H8N4O2/c13-15-14-12-10(9-5-2-1-3-6-9)7-4-8-11(12)16(17)18/h1-8H. The van der Waals surface area contributed by atoms with Crippen LogP contribution in [0.1, 0.15) is 0 Å². The first-order valence-electron chi connectivity index (χ1n) is 5.12. The number of azide groups is 1. The fraction of sp³-hybridized carbons (Fsp3) is 0. The third kappa shape index (κ3) is 2.14. The van der Waals surface area contributed by atoms with Gasteiger partial charge in [-0.05, 0) is 16.7 Å². The van der Waals surface area contributed by atoms with Gasteiger partial charge in [-0.15, -0.1) is 0 Å². The second-order valence-corrected chi connectivity index (χ2v) is 3.49. The van der Waals surface area contributed by atoms with Crippen molar-refractivity contribution in [2.75, 3.05) is 0 Å². The molecule has 0 aliphatic carbocycles. The van der Waals surface area contributed by atoms with Gasteiger partial charge < -0.3 is 0 Å². The van der Waals surface area contributed by atoms with E-state index in [-0.39, 0.29) is 11.4 Å². The molecule has 0 saturated carbocycles. The quantitative estimate of drug-likeness (QED) is 0.264. The van der Waals surface area contributed by atoms with E-state index in [2.05, 4.69) is 10.0 Å². The van der Waals surface area contributed by atoms with Crippen molar-refractivity contribution in [3.05, 3.63) is 69.1 Å². The lowest BCUT2D eigenvalue weighted by Crippen LogP contribution is -1.89. The Bertz CT molecular complexity index is 634. The van der Waals surface area contributed by atoms with Crippen molar-refractivity contribution in [3.63, 3.8) is 0 Å². The van der Waals surface area contributed by atoms with Gasteiger partial charge in [0, 0.05) is 11.0 Å². The SMILES string of the molecule is [N-]=[N+]=Nc1c(-c2ccccc2)cccc1[N+](=O)[O-]. The molecule has 0 aliphatic heterocycles. The van der Waals surface area contributed by atoms with E-state index >= 15 is 0 Å². The van der Waals surface area contributed by atoms with E-state index in [0.717, 1.165) is 5.56 Å². The number of nitro groups is 1. The zero-order chi connectivity index (χ0) is 13.0. The van der Waals surface area contributed by atoms with Crippen molar-refractivity contribution in [3.8, 4) is 11.1 Å². The Morgan fingerprint density at radius 3 is 2.44 bits per heavy atom. The van der Waals surface area contributed by atoms with E-state index in [1.807, 2.05) is 18.2 Å². The highest BCUT2D eigenvalue weighted by molar-refractivity contribution is 5.81. The summed E-state index contributed by atoms with van der Waals surface area (Å²) in [4.78, 5) is 13.0. The average molecular weight is 240 g/mol. The maximum atomic E-state index is 10.9. The first-order chi connectivity index (χ1) is 8.74. The minimum atomic E-state index is -0.559. The molecule has 0 N–H and O–H groups in total. The molecular formula is C12H8N4O2. The second-order valence-electron chi connectivity index (χ2n) is 3.49. The van der Waals surface area contributed by atoms with Gasteiger partial charge in [0.05, 0.1) is 4.92 Å². The van der Waals surface area contributed by atoms with Crippen LogP contribution in [0, 0.1) is 10.1 Å². The molecule has 6 heteroatoms. The summed E-state index contributed by atoms with van der Waals surface area (Å²) in [6.45, 7) is 0. The lowest BCUT2D eigenvalue weighted by atomic mass is 10.0. The van der Waals surface area contributed by atoms with Crippen LogP contribution in [0.5, 0.6) is 0 Å². The van der Waals surface area contributed by atoms with Crippen LogP contribution in [-0.4, -0.2) is 4.92 Å². The second kappa shape index (κ2) is 4.99. The minimum absolute atomic E-state index is 0.0381. The normalized spacial score (nSPS) is 9.56. The highest BCUT2D eigenvalue weighted by Gasteiger charge is 2.16. The fourth-order valence-corrected chi connectivity index (χ4v) is 1.68. The number of hydrogen-bond donors (Lipinski definition) is 0. The highest BCUT2D eigenvalue weighted by atomic mass is 16.6. The van der Waals surface area contributed by atoms with Crippen molar-refractivity contribution in [1.29, 1.82) is 0 Å². The van der Waals surface area contributed by atoms with Gasteiger partial charge in [0.25, 0.3) is 5.69 Å². The van der Waals surface area contributed by atoms with Gasteiger partial charge in [-0.1, -0.05) is 47.6 Å². The molecule has 0 atom stereocenters. The summed E-state index contributed by atoms with van der Waals surface area (Å²) in [5.74, 6) is 0. The topological polar surface area (TPSA) is 91.9 Å². The van der Waals surface area contributed by atoms with Crippen LogP contribution in [0.2, 0.25) is 0 Å². The molecule has 0 amide bonds. The highest BCUT2D eigenvalue weighted by Crippen LogP contribution is 2.37. The molecule has 18 heavy (non-hydrogen) atoms. The lowest BCUT2D eigenvalue weighted by molar-refractivity contribution is -0.384. The third-order valence-corrected chi connectivity index (χ3v) is 2.44. The Kier molecular flexibility index (Phi) is 3.22. The van der Waals surface area contributed by atoms with Crippen LogP contribution in [0.3, 0.4) is 0 Å². The number of nitrogens with zero attached hydrogens (tertiary/aromatic N) is 4. The lowest BCUT2D eigenvalue weighted by Gasteiger charge is -2.05. The van der Waals surface area contributed by atoms with E-state index in [0.29, 0.717) is 5.56 Å². The summed E-state index contributed by atoms with van der Waals surface area (Å²) in [7, 11) is 0. The maximum Gasteiger partial charge on any atom is 0.279 e. The van der Waals surface area contributed by atoms with E-state index in [1.54, 1.807) is 24.3 Å². The third-order valence-electron chi connectivity index (χ3n) is 2.44. The van der Waals surface area contributed by atoms with Crippen molar-refractivity contribution in [2.24, 2.45) is 5.11 Å². The van der Waals surface area contributed by atoms with Gasteiger partial charge in [-0.3, -0.25) is 10.1 Å². The summed E-state index contributed by atoms with van der Waals surface area (Å²) in [5.41, 5.74) is 9.68. The first kappa shape index (κ1) is 11.6. The predicted molar refractivity (Wildman–Crippen MR) is 67.3 cm³/mol. The summed E-state index contributed by atoms with van der Waals surface area (Å²) >= 11 is 0. The summed E-state index contributed by atoms with van der Waals surface area (Å²) in [6, 6.07) is 13.6. The molecule has 2 aromatic carbocycles. The van der Waals surface area contributed by atoms with Crippen LogP contribution in [0.15, 0.2) is 53.6 Å². The summed E-state index contributed by atoms with van der Waals surface area (Å²) < 4.78 is 0. The molecule has 0 spiro atoms. The Morgan fingerprint density at radius 1 is 1.11 bits per heavy atom. The predicted octanol–water partition coefficient (Wildman–Crippen LogP) is 4.20. The molecule has 0 fully saturated rings. The Hall–Kier alpha value is -2.85. The van der Waals surface area contributed by atoms with Crippen LogP contribution in [0.4, 0.5) is 11.4 Å². The zero-order valence-corrected chi connectivity index (χ0v) is 9.22. The van der Waals surface area contributed by atoms with Crippen molar-refractivity contribution < 1.29 is 4.92 Å². The van der Waals surface area contributed by atoms with E-state index in [1.165, 1.54) is 6.07 Å². The number of benzene rings is 2. The Balaban J connectivity index is 2.71. The average Bonchev–Trinajstić information content (AvgIpc) is 2.40. The molecule has 0 saturated heterocycles. The van der Waals surface area contributed by atoms with Crippen LogP contribution in [0.25, 0.3) is 21.6 Å². The fourth-order valence-electron chi connectivity index (χ4n) is 1.68. The smallest absolute Gasteiger partial charge is 0.258 e. The minimum Gasteiger partial charge on any atom is -0.258 e. The first-order valence-corrected chi connectivity index (χ1v) is 5.12. The van der Waals surface area contributed by atoms with E-state index < -0.39 is 4.92 Å². The van der Waals surface area contributed by atoms with Crippen molar-refractivity contribution in [1.82, 2.24) is 0 Å². The molecule has 2 aromatic rings. The summed E-state index contributed by atoms with van der Waals surface area (Å²) in [6.07, 6.45) is 0. The van der Waals surface area contributed by atoms with E-state index in [9.17, 15) is 10.1 Å². The molecule has 2 rings (SSSR count). The van der Waals surface area contributed by atoms with Gasteiger partial charge in [0.1, 0.15) is 5.69 Å². The maximum absolute atomic E-state index is 10.9. The monoisotopic (exact) mass is 240 g/mol. The van der Waals surface area contributed by atoms with Crippen LogP contribution < -0.4 is 0 Å². The van der Waals surface area contributed by atoms with Crippen LogP contribution in [-0.2, 0) is 0 Å². The van der Waals surface area contributed by atoms with Gasteiger partial charge in [0.2, 0.25) is 0 Å². The molecule has 0 aliphatic rings. The van der Waals surface area contributed by atoms with Crippen LogP contribution >= 0.6 is 0 Å². The molecule has 0 unspecified atom stereocenters. The molecule has 88 valence electrons. The molecule has 0 heterocycles. The molecular weight excluding hydrogens is 232 g/mol. The van der Waals surface area contributed by atoms with Gasteiger partial charge in [0.15, 0.2) is 0 Å². The van der Waals surface area contributed by atoms with Gasteiger partial charge in [-0.25, -0.2) is 0 Å². The largest absolute Gasteiger partial charge is 0.279 e. The molecule has 0 aromatic heterocycles. The van der Waals surface area contributed by atoms with E-state index in [4.69, 9.17) is 5.53 Å². The summed E-state index contributed by atoms with van der Waals surface area (Å²) in [5, 5.41) is 14.3.